The third-order valence-corrected chi connectivity index (χ3v) is 3.85. The molecule has 0 radical (unpaired) electrons. The lowest BCUT2D eigenvalue weighted by molar-refractivity contribution is 0.831. The van der Waals surface area contributed by atoms with Gasteiger partial charge in [-0.1, -0.05) is 61.5 Å². The van der Waals surface area contributed by atoms with Gasteiger partial charge in [0, 0.05) is 5.56 Å². The Labute approximate surface area is 134 Å². The maximum atomic E-state index is 5.31. The molecular formula is C17H18N4S. The first-order valence-electron chi connectivity index (χ1n) is 7.32. The quantitative estimate of drug-likeness (QED) is 0.702. The average molecular weight is 310 g/mol. The summed E-state index contributed by atoms with van der Waals surface area (Å²) in [6.07, 6.45) is 1.05. The summed E-state index contributed by atoms with van der Waals surface area (Å²) in [5.74, 6) is 0.788. The fraction of sp³-hybridized carbons (Fsp3) is 0.176. The summed E-state index contributed by atoms with van der Waals surface area (Å²) in [5, 5.41) is 7.15. The molecule has 5 heteroatoms. The van der Waals surface area contributed by atoms with Crippen LogP contribution in [0.25, 0.3) is 11.4 Å². The van der Waals surface area contributed by atoms with Crippen LogP contribution in [0.5, 0.6) is 0 Å². The molecule has 0 atom stereocenters. The van der Waals surface area contributed by atoms with Gasteiger partial charge in [-0.2, -0.15) is 5.10 Å². The summed E-state index contributed by atoms with van der Waals surface area (Å²) in [5.41, 5.74) is 6.90. The van der Waals surface area contributed by atoms with Crippen molar-refractivity contribution in [3.05, 3.63) is 70.5 Å². The Balaban J connectivity index is 1.80. The van der Waals surface area contributed by atoms with E-state index in [1.54, 1.807) is 0 Å². The van der Waals surface area contributed by atoms with E-state index in [-0.39, 0.29) is 0 Å². The molecular weight excluding hydrogens is 292 g/mol. The second-order valence-corrected chi connectivity index (χ2v) is 5.45. The van der Waals surface area contributed by atoms with Crippen molar-refractivity contribution in [3.63, 3.8) is 0 Å². The second-order valence-electron chi connectivity index (χ2n) is 5.06. The molecule has 1 aromatic heterocycles. The van der Waals surface area contributed by atoms with Gasteiger partial charge in [-0.3, -0.25) is 0 Å². The molecule has 2 N–H and O–H groups in total. The summed E-state index contributed by atoms with van der Waals surface area (Å²) >= 11 is 5.31. The molecule has 4 nitrogen and oxygen atoms in total. The molecule has 0 spiro atoms. The van der Waals surface area contributed by atoms with Gasteiger partial charge in [0.1, 0.15) is 0 Å². The molecule has 0 aliphatic carbocycles. The van der Waals surface area contributed by atoms with Crippen LogP contribution in [0.3, 0.4) is 0 Å². The van der Waals surface area contributed by atoms with Crippen LogP contribution >= 0.6 is 12.2 Å². The van der Waals surface area contributed by atoms with Gasteiger partial charge in [0.25, 0.3) is 0 Å². The van der Waals surface area contributed by atoms with E-state index in [2.05, 4.69) is 46.8 Å². The van der Waals surface area contributed by atoms with E-state index in [1.165, 1.54) is 11.1 Å². The topological polar surface area (TPSA) is 45.6 Å². The van der Waals surface area contributed by atoms with Crippen LogP contribution in [0.1, 0.15) is 18.1 Å². The maximum absolute atomic E-state index is 5.31. The zero-order chi connectivity index (χ0) is 15.4. The Morgan fingerprint density at radius 1 is 1.05 bits per heavy atom. The lowest BCUT2D eigenvalue weighted by atomic mass is 10.1. The molecule has 3 rings (SSSR count). The molecule has 0 amide bonds. The molecule has 0 saturated carbocycles. The Hall–Kier alpha value is -2.40. The number of hydrogen-bond acceptors (Lipinski definition) is 3. The van der Waals surface area contributed by atoms with E-state index in [9.17, 15) is 0 Å². The first-order chi connectivity index (χ1) is 10.8. The van der Waals surface area contributed by atoms with Gasteiger partial charge in [0.05, 0.1) is 6.54 Å². The normalized spacial score (nSPS) is 10.6. The molecule has 2 aromatic carbocycles. The van der Waals surface area contributed by atoms with Gasteiger partial charge >= 0.3 is 0 Å². The van der Waals surface area contributed by atoms with Crippen LogP contribution in [0.15, 0.2) is 54.6 Å². The number of nitrogens with one attached hydrogen (secondary N) is 2. The molecule has 0 fully saturated rings. The highest BCUT2D eigenvalue weighted by Gasteiger charge is 2.07. The van der Waals surface area contributed by atoms with Crippen molar-refractivity contribution in [2.24, 2.45) is 0 Å². The van der Waals surface area contributed by atoms with Gasteiger partial charge in [-0.05, 0) is 29.8 Å². The molecule has 3 aromatic rings. The summed E-state index contributed by atoms with van der Waals surface area (Å²) < 4.78 is 2.38. The van der Waals surface area contributed by atoms with Gasteiger partial charge < -0.3 is 5.43 Å². The number of hydrogen-bond donors (Lipinski definition) is 2. The zero-order valence-electron chi connectivity index (χ0n) is 12.4. The summed E-state index contributed by atoms with van der Waals surface area (Å²) in [6.45, 7) is 2.85. The summed E-state index contributed by atoms with van der Waals surface area (Å²) in [6, 6.07) is 18.6. The lowest BCUT2D eigenvalue weighted by Crippen LogP contribution is -2.15. The molecule has 112 valence electrons. The first-order valence-corrected chi connectivity index (χ1v) is 7.73. The summed E-state index contributed by atoms with van der Waals surface area (Å²) in [4.78, 5) is 0. The van der Waals surface area contributed by atoms with E-state index >= 15 is 0 Å². The Kier molecular flexibility index (Phi) is 4.34. The van der Waals surface area contributed by atoms with Gasteiger partial charge in [-0.25, -0.2) is 9.77 Å². The lowest BCUT2D eigenvalue weighted by Gasteiger charge is -2.10. The number of H-pyrrole nitrogens is 1. The number of aryl methyl sites for hydroxylation is 1. The molecule has 22 heavy (non-hydrogen) atoms. The predicted molar refractivity (Wildman–Crippen MR) is 91.7 cm³/mol. The molecule has 0 unspecified atom stereocenters. The van der Waals surface area contributed by atoms with Crippen LogP contribution < -0.4 is 5.43 Å². The number of benzene rings is 2. The van der Waals surface area contributed by atoms with Crippen molar-refractivity contribution in [1.82, 2.24) is 14.9 Å². The van der Waals surface area contributed by atoms with Crippen LogP contribution in [-0.2, 0) is 13.0 Å². The Morgan fingerprint density at radius 2 is 1.73 bits per heavy atom. The highest BCUT2D eigenvalue weighted by atomic mass is 32.1. The van der Waals surface area contributed by atoms with E-state index in [0.29, 0.717) is 11.3 Å². The average Bonchev–Trinajstić information content (AvgIpc) is 2.95. The van der Waals surface area contributed by atoms with E-state index in [1.807, 2.05) is 35.0 Å². The van der Waals surface area contributed by atoms with Crippen molar-refractivity contribution in [2.75, 3.05) is 5.43 Å². The SMILES string of the molecule is CCc1ccc(CNn2c(-c3ccccc3)n[nH]c2=S)cc1. The third kappa shape index (κ3) is 3.09. The van der Waals surface area contributed by atoms with E-state index < -0.39 is 0 Å². The zero-order valence-corrected chi connectivity index (χ0v) is 13.2. The maximum Gasteiger partial charge on any atom is 0.214 e. The molecule has 0 bridgehead atoms. The van der Waals surface area contributed by atoms with Crippen molar-refractivity contribution >= 4 is 12.2 Å². The van der Waals surface area contributed by atoms with Gasteiger partial charge in [0.2, 0.25) is 4.77 Å². The van der Waals surface area contributed by atoms with Crippen LogP contribution in [0, 0.1) is 4.77 Å². The minimum atomic E-state index is 0.559. The van der Waals surface area contributed by atoms with Gasteiger partial charge in [-0.15, -0.1) is 0 Å². The van der Waals surface area contributed by atoms with E-state index in [0.717, 1.165) is 17.8 Å². The van der Waals surface area contributed by atoms with Crippen molar-refractivity contribution in [2.45, 2.75) is 19.9 Å². The fourth-order valence-corrected chi connectivity index (χ4v) is 2.48. The Morgan fingerprint density at radius 3 is 2.41 bits per heavy atom. The highest BCUT2D eigenvalue weighted by Crippen LogP contribution is 2.15. The standard InChI is InChI=1S/C17H18N4S/c1-2-13-8-10-14(11-9-13)12-18-21-16(19-20-17(21)22)15-6-4-3-5-7-15/h3-11,18H,2,12H2,1H3,(H,20,22). The third-order valence-electron chi connectivity index (χ3n) is 3.58. The smallest absolute Gasteiger partial charge is 0.214 e. The minimum Gasteiger partial charge on any atom is -0.317 e. The van der Waals surface area contributed by atoms with Crippen molar-refractivity contribution in [1.29, 1.82) is 0 Å². The highest BCUT2D eigenvalue weighted by molar-refractivity contribution is 7.71. The first kappa shape index (κ1) is 14.5. The number of aromatic amines is 1. The summed E-state index contributed by atoms with van der Waals surface area (Å²) in [7, 11) is 0. The minimum absolute atomic E-state index is 0.559. The number of rotatable bonds is 5. The second kappa shape index (κ2) is 6.58. The van der Waals surface area contributed by atoms with Crippen LogP contribution in [0.4, 0.5) is 0 Å². The molecule has 0 aliphatic rings. The van der Waals surface area contributed by atoms with E-state index in [4.69, 9.17) is 12.2 Å². The molecule has 0 saturated heterocycles. The van der Waals surface area contributed by atoms with Crippen LogP contribution in [0.2, 0.25) is 0 Å². The Bertz CT molecular complexity index is 788. The largest absolute Gasteiger partial charge is 0.317 e. The van der Waals surface area contributed by atoms with Crippen LogP contribution in [-0.4, -0.2) is 14.9 Å². The fourth-order valence-electron chi connectivity index (χ4n) is 2.29. The number of nitrogens with zero attached hydrogens (tertiary/aromatic N) is 2. The number of aromatic nitrogens is 3. The van der Waals surface area contributed by atoms with Crippen molar-refractivity contribution < 1.29 is 0 Å². The predicted octanol–water partition coefficient (Wildman–Crippen LogP) is 3.91. The molecule has 1 heterocycles. The molecule has 0 aliphatic heterocycles. The monoisotopic (exact) mass is 310 g/mol. The van der Waals surface area contributed by atoms with Gasteiger partial charge in [0.15, 0.2) is 5.82 Å². The van der Waals surface area contributed by atoms with Crippen molar-refractivity contribution in [3.8, 4) is 11.4 Å².